The smallest absolute Gasteiger partial charge is 0.254 e. The number of nitrogens with one attached hydrogen (secondary N) is 1. The van der Waals surface area contributed by atoms with Crippen LogP contribution in [0.2, 0.25) is 0 Å². The monoisotopic (exact) mass is 228 g/mol. The molecule has 0 aromatic heterocycles. The van der Waals surface area contributed by atoms with Gasteiger partial charge in [-0.05, 0) is 43.5 Å². The number of aryl methyl sites for hydroxylation is 1. The van der Waals surface area contributed by atoms with Crippen LogP contribution in [-0.4, -0.2) is 15.5 Å². The molecule has 1 aromatic carbocycles. The van der Waals surface area contributed by atoms with Crippen molar-refractivity contribution in [3.05, 3.63) is 22.8 Å². The molecule has 83 valence electrons. The minimum atomic E-state index is -3.92. The fraction of sp³-hybridized carbons (Fsp3) is 0.400. The Morgan fingerprint density at radius 2 is 1.73 bits per heavy atom. The number of hydrogen-bond donors (Lipinski definition) is 0. The Balaban J connectivity index is 3.65. The molecule has 0 bridgehead atoms. The molecule has 0 unspecified atom stereocenters. The van der Waals surface area contributed by atoms with Gasteiger partial charge >= 0.3 is 0 Å². The quantitative estimate of drug-likeness (QED) is 0.772. The maximum absolute atomic E-state index is 11.3. The normalized spacial score (nSPS) is 11.5. The van der Waals surface area contributed by atoms with Gasteiger partial charge in [0.2, 0.25) is 0 Å². The Morgan fingerprint density at radius 3 is 2.13 bits per heavy atom. The first-order valence-corrected chi connectivity index (χ1v) is 5.91. The molecule has 5 heteroatoms. The summed E-state index contributed by atoms with van der Waals surface area (Å²) in [5.74, 6) is 0.650. The Bertz CT molecular complexity index is 492. The predicted molar refractivity (Wildman–Crippen MR) is 57.5 cm³/mol. The van der Waals surface area contributed by atoms with E-state index in [4.69, 9.17) is 9.88 Å². The molecular weight excluding hydrogens is 214 g/mol. The second-order valence-electron chi connectivity index (χ2n) is 3.48. The van der Waals surface area contributed by atoms with Crippen LogP contribution in [0.1, 0.15) is 16.7 Å². The third kappa shape index (κ3) is 2.13. The highest BCUT2D eigenvalue weighted by molar-refractivity contribution is 7.89. The van der Waals surface area contributed by atoms with Crippen molar-refractivity contribution in [3.8, 4) is 5.75 Å². The highest BCUT2D eigenvalue weighted by Gasteiger charge is 2.19. The van der Waals surface area contributed by atoms with Crippen molar-refractivity contribution in [1.82, 2.24) is 5.14 Å². The Morgan fingerprint density at radius 1 is 1.20 bits per heavy atom. The maximum Gasteiger partial charge on any atom is 0.254 e. The van der Waals surface area contributed by atoms with Gasteiger partial charge in [-0.25, -0.2) is 8.42 Å². The van der Waals surface area contributed by atoms with E-state index in [2.05, 4.69) is 0 Å². The van der Waals surface area contributed by atoms with Crippen LogP contribution in [0, 0.1) is 20.8 Å². The lowest BCUT2D eigenvalue weighted by Crippen LogP contribution is -2.08. The molecule has 15 heavy (non-hydrogen) atoms. The first kappa shape index (κ1) is 12.0. The molecule has 4 nitrogen and oxygen atoms in total. The molecule has 0 aliphatic carbocycles. The molecule has 0 atom stereocenters. The third-order valence-electron chi connectivity index (χ3n) is 2.47. The number of ether oxygens (including phenoxy) is 1. The van der Waals surface area contributed by atoms with E-state index in [9.17, 15) is 8.42 Å². The van der Waals surface area contributed by atoms with Gasteiger partial charge in [0.15, 0.2) is 0 Å². The van der Waals surface area contributed by atoms with Crippen LogP contribution in [0.25, 0.3) is 0 Å². The summed E-state index contributed by atoms with van der Waals surface area (Å²) >= 11 is 0. The molecule has 0 aliphatic heterocycles. The van der Waals surface area contributed by atoms with Crippen molar-refractivity contribution in [3.63, 3.8) is 0 Å². The van der Waals surface area contributed by atoms with Crippen LogP contribution in [-0.2, 0) is 10.0 Å². The Hall–Kier alpha value is -1.07. The number of methoxy groups -OCH3 is 1. The number of rotatable bonds is 2. The van der Waals surface area contributed by atoms with Crippen molar-refractivity contribution in [2.24, 2.45) is 0 Å². The van der Waals surface area contributed by atoms with Gasteiger partial charge in [0.1, 0.15) is 5.75 Å². The van der Waals surface area contributed by atoms with E-state index in [1.165, 1.54) is 7.11 Å². The van der Waals surface area contributed by atoms with Gasteiger partial charge in [0, 0.05) is 0 Å². The minimum Gasteiger partial charge on any atom is -0.496 e. The molecule has 0 amide bonds. The summed E-state index contributed by atoms with van der Waals surface area (Å²) in [6.07, 6.45) is 0. The highest BCUT2D eigenvalue weighted by atomic mass is 32.2. The van der Waals surface area contributed by atoms with Crippen LogP contribution < -0.4 is 9.88 Å². The third-order valence-corrected chi connectivity index (χ3v) is 3.63. The van der Waals surface area contributed by atoms with E-state index < -0.39 is 10.0 Å². The van der Waals surface area contributed by atoms with Gasteiger partial charge in [-0.1, -0.05) is 0 Å². The van der Waals surface area contributed by atoms with Crippen molar-refractivity contribution in [2.45, 2.75) is 25.7 Å². The summed E-state index contributed by atoms with van der Waals surface area (Å²) < 4.78 is 27.6. The second kappa shape index (κ2) is 3.83. The van der Waals surface area contributed by atoms with Crippen LogP contribution in [0.4, 0.5) is 0 Å². The van der Waals surface area contributed by atoms with Crippen LogP contribution >= 0.6 is 0 Å². The van der Waals surface area contributed by atoms with E-state index in [-0.39, 0.29) is 4.90 Å². The fourth-order valence-corrected chi connectivity index (χ4v) is 2.69. The van der Waals surface area contributed by atoms with Gasteiger partial charge < -0.3 is 4.74 Å². The Labute approximate surface area is 90.1 Å². The first-order valence-electron chi connectivity index (χ1n) is 4.43. The molecule has 1 aromatic rings. The largest absolute Gasteiger partial charge is 0.496 e. The van der Waals surface area contributed by atoms with Gasteiger partial charge in [-0.15, -0.1) is 5.14 Å². The first-order chi connectivity index (χ1) is 6.79. The lowest BCUT2D eigenvalue weighted by molar-refractivity contribution is 0.410. The van der Waals surface area contributed by atoms with E-state index in [0.717, 1.165) is 5.56 Å². The molecule has 0 saturated heterocycles. The van der Waals surface area contributed by atoms with Gasteiger partial charge in [-0.2, -0.15) is 0 Å². The zero-order valence-corrected chi connectivity index (χ0v) is 10.0. The number of benzene rings is 1. The van der Waals surface area contributed by atoms with E-state index in [1.807, 2.05) is 0 Å². The zero-order valence-electron chi connectivity index (χ0n) is 9.21. The average molecular weight is 228 g/mol. The molecule has 0 spiro atoms. The van der Waals surface area contributed by atoms with E-state index in [1.54, 1.807) is 26.8 Å². The lowest BCUT2D eigenvalue weighted by atomic mass is 10.1. The number of sulfonamides is 1. The topological polar surface area (TPSA) is 67.2 Å². The van der Waals surface area contributed by atoms with E-state index in [0.29, 0.717) is 16.9 Å². The molecule has 0 saturated carbocycles. The fourth-order valence-electron chi connectivity index (χ4n) is 1.65. The zero-order chi connectivity index (χ0) is 11.8. The minimum absolute atomic E-state index is 0.0841. The van der Waals surface area contributed by atoms with Crippen LogP contribution in [0.15, 0.2) is 11.0 Å². The summed E-state index contributed by atoms with van der Waals surface area (Å²) in [5, 5.41) is 7.11. The summed E-state index contributed by atoms with van der Waals surface area (Å²) in [4.78, 5) is 0.0841. The molecule has 0 heterocycles. The molecule has 1 radical (unpaired) electrons. The summed E-state index contributed by atoms with van der Waals surface area (Å²) in [7, 11) is -2.38. The van der Waals surface area contributed by atoms with Crippen molar-refractivity contribution in [2.75, 3.05) is 7.11 Å². The van der Waals surface area contributed by atoms with Crippen molar-refractivity contribution >= 4 is 10.0 Å². The summed E-state index contributed by atoms with van der Waals surface area (Å²) in [6.45, 7) is 5.13. The van der Waals surface area contributed by atoms with E-state index >= 15 is 0 Å². The van der Waals surface area contributed by atoms with Crippen LogP contribution in [0.5, 0.6) is 5.75 Å². The lowest BCUT2D eigenvalue weighted by Gasteiger charge is -2.13. The number of hydrogen-bond acceptors (Lipinski definition) is 3. The molecule has 1 N–H and O–H groups in total. The second-order valence-corrected chi connectivity index (χ2v) is 4.89. The van der Waals surface area contributed by atoms with Gasteiger partial charge in [-0.3, -0.25) is 0 Å². The molecule has 0 fully saturated rings. The summed E-state index contributed by atoms with van der Waals surface area (Å²) in [5.41, 5.74) is 1.89. The van der Waals surface area contributed by atoms with Gasteiger partial charge in [0.05, 0.1) is 12.0 Å². The average Bonchev–Trinajstić information content (AvgIpc) is 2.09. The summed E-state index contributed by atoms with van der Waals surface area (Å²) in [6, 6.07) is 1.64. The SMILES string of the molecule is COc1cc(C)c(S([NH])(=O)=O)c(C)c1C. The highest BCUT2D eigenvalue weighted by Crippen LogP contribution is 2.29. The standard InChI is InChI=1S/C10H14NO3S/c1-6-5-9(14-4)7(2)8(3)10(6)15(11,12)13/h5,11H,1-4H3. The Kier molecular flexibility index (Phi) is 3.06. The maximum atomic E-state index is 11.3. The van der Waals surface area contributed by atoms with Crippen LogP contribution in [0.3, 0.4) is 0 Å². The van der Waals surface area contributed by atoms with Crippen molar-refractivity contribution in [1.29, 1.82) is 0 Å². The van der Waals surface area contributed by atoms with Gasteiger partial charge in [0.25, 0.3) is 10.0 Å². The predicted octanol–water partition coefficient (Wildman–Crippen LogP) is 1.59. The molecule has 0 aliphatic rings. The van der Waals surface area contributed by atoms with Crippen molar-refractivity contribution < 1.29 is 13.2 Å². The molecule has 1 rings (SSSR count). The molecular formula is C10H14NO3S.